The van der Waals surface area contributed by atoms with Crippen LogP contribution in [0.5, 0.6) is 0 Å². The minimum Gasteiger partial charge on any atom is -0.369 e. The molecule has 0 spiro atoms. The number of rotatable bonds is 1. The number of hydrogen-bond donors (Lipinski definition) is 1. The lowest BCUT2D eigenvalue weighted by Crippen LogP contribution is -2.28. The van der Waals surface area contributed by atoms with Crippen molar-refractivity contribution >= 4 is 33.5 Å². The van der Waals surface area contributed by atoms with E-state index in [1.54, 1.807) is 0 Å². The van der Waals surface area contributed by atoms with Crippen LogP contribution >= 0.6 is 0 Å². The normalized spacial score (nSPS) is 17.6. The molecule has 2 nitrogen and oxygen atoms in total. The molecule has 0 fully saturated rings. The maximum atomic E-state index is 11.5. The van der Waals surface area contributed by atoms with Gasteiger partial charge in [-0.05, 0) is 38.7 Å². The van der Waals surface area contributed by atoms with E-state index in [2.05, 4.69) is 42.5 Å². The van der Waals surface area contributed by atoms with E-state index in [1.165, 1.54) is 27.1 Å². The maximum absolute atomic E-state index is 11.5. The first kappa shape index (κ1) is 10.6. The molecule has 0 saturated heterocycles. The van der Waals surface area contributed by atoms with Gasteiger partial charge in [0.2, 0.25) is 5.91 Å². The molecule has 2 N–H and O–H groups in total. The standard InChI is InChI=1S/C17H13NO/c18-17(19)14-8-12-6-4-10-2-1-3-11-5-7-13(9-14)16(12)15(10)11/h1-8,14H,9H2,(H2,18,19). The molecule has 1 amide bonds. The van der Waals surface area contributed by atoms with Crippen molar-refractivity contribution in [3.05, 3.63) is 53.2 Å². The molecule has 1 unspecified atom stereocenters. The van der Waals surface area contributed by atoms with Gasteiger partial charge >= 0.3 is 0 Å². The Morgan fingerprint density at radius 1 is 1.00 bits per heavy atom. The lowest BCUT2D eigenvalue weighted by molar-refractivity contribution is -0.120. The Balaban J connectivity index is 2.22. The van der Waals surface area contributed by atoms with Crippen LogP contribution in [0.2, 0.25) is 0 Å². The molecule has 1 aliphatic rings. The second kappa shape index (κ2) is 3.58. The Hall–Kier alpha value is -2.35. The summed E-state index contributed by atoms with van der Waals surface area (Å²) >= 11 is 0. The number of carbonyl (C=O) groups is 1. The molecule has 0 heterocycles. The van der Waals surface area contributed by atoms with Crippen LogP contribution in [0.3, 0.4) is 0 Å². The average Bonchev–Trinajstić information content (AvgIpc) is 2.44. The number of hydrogen-bond acceptors (Lipinski definition) is 1. The highest BCUT2D eigenvalue weighted by Gasteiger charge is 2.20. The highest BCUT2D eigenvalue weighted by Crippen LogP contribution is 2.30. The van der Waals surface area contributed by atoms with E-state index in [-0.39, 0.29) is 11.8 Å². The summed E-state index contributed by atoms with van der Waals surface area (Å²) in [6.07, 6.45) is 2.73. The van der Waals surface area contributed by atoms with Crippen molar-refractivity contribution < 1.29 is 4.79 Å². The third-order valence-corrected chi connectivity index (χ3v) is 4.08. The number of nitrogens with two attached hydrogens (primary N) is 1. The van der Waals surface area contributed by atoms with Gasteiger partial charge in [0.15, 0.2) is 0 Å². The Labute approximate surface area is 110 Å². The molecule has 1 atom stereocenters. The zero-order valence-corrected chi connectivity index (χ0v) is 10.4. The van der Waals surface area contributed by atoms with E-state index in [0.717, 1.165) is 5.22 Å². The Morgan fingerprint density at radius 2 is 1.74 bits per heavy atom. The second-order valence-electron chi connectivity index (χ2n) is 5.21. The van der Waals surface area contributed by atoms with Gasteiger partial charge in [-0.3, -0.25) is 4.79 Å². The molecule has 0 aliphatic heterocycles. The molecule has 0 bridgehead atoms. The van der Waals surface area contributed by atoms with Gasteiger partial charge in [-0.2, -0.15) is 0 Å². The van der Waals surface area contributed by atoms with Crippen LogP contribution in [0, 0.1) is 5.92 Å². The highest BCUT2D eigenvalue weighted by molar-refractivity contribution is 6.12. The molecule has 3 aromatic rings. The molecular formula is C17H13NO. The average molecular weight is 247 g/mol. The number of carbonyl (C=O) groups excluding carboxylic acids is 1. The second-order valence-corrected chi connectivity index (χ2v) is 5.21. The molecule has 4 rings (SSSR count). The molecular weight excluding hydrogens is 234 g/mol. The maximum Gasteiger partial charge on any atom is 0.224 e. The van der Waals surface area contributed by atoms with Gasteiger partial charge in [-0.1, -0.05) is 48.5 Å². The van der Waals surface area contributed by atoms with Gasteiger partial charge in [0, 0.05) is 0 Å². The molecule has 3 aromatic carbocycles. The zero-order chi connectivity index (χ0) is 13.0. The van der Waals surface area contributed by atoms with Gasteiger partial charge in [-0.15, -0.1) is 0 Å². The van der Waals surface area contributed by atoms with Crippen molar-refractivity contribution in [2.24, 2.45) is 11.7 Å². The van der Waals surface area contributed by atoms with Crippen molar-refractivity contribution in [3.63, 3.8) is 0 Å². The molecule has 0 aromatic heterocycles. The van der Waals surface area contributed by atoms with Crippen LogP contribution in [-0.4, -0.2) is 5.91 Å². The van der Waals surface area contributed by atoms with Crippen molar-refractivity contribution in [2.75, 3.05) is 0 Å². The minimum atomic E-state index is -0.245. The van der Waals surface area contributed by atoms with E-state index in [0.29, 0.717) is 6.42 Å². The molecule has 19 heavy (non-hydrogen) atoms. The van der Waals surface area contributed by atoms with E-state index < -0.39 is 0 Å². The van der Waals surface area contributed by atoms with Crippen LogP contribution in [0.1, 0.15) is 5.56 Å². The number of benzene rings is 3. The fourth-order valence-electron chi connectivity index (χ4n) is 3.19. The highest BCUT2D eigenvalue weighted by atomic mass is 16.1. The fraction of sp³-hybridized carbons (Fsp3) is 0.118. The Morgan fingerprint density at radius 3 is 2.47 bits per heavy atom. The summed E-state index contributed by atoms with van der Waals surface area (Å²) in [5.41, 5.74) is 6.69. The summed E-state index contributed by atoms with van der Waals surface area (Å²) in [5.74, 6) is -0.430. The van der Waals surface area contributed by atoms with E-state index in [1.807, 2.05) is 6.08 Å². The monoisotopic (exact) mass is 247 g/mol. The Kier molecular flexibility index (Phi) is 1.99. The third kappa shape index (κ3) is 1.40. The lowest BCUT2D eigenvalue weighted by atomic mass is 9.85. The Bertz CT molecular complexity index is 863. The quantitative estimate of drug-likeness (QED) is 0.703. The van der Waals surface area contributed by atoms with Crippen molar-refractivity contribution in [2.45, 2.75) is 6.42 Å². The van der Waals surface area contributed by atoms with E-state index in [4.69, 9.17) is 5.73 Å². The summed E-state index contributed by atoms with van der Waals surface area (Å²) in [7, 11) is 0. The van der Waals surface area contributed by atoms with Crippen LogP contribution < -0.4 is 11.0 Å². The molecule has 1 aliphatic carbocycles. The smallest absolute Gasteiger partial charge is 0.224 e. The van der Waals surface area contributed by atoms with Crippen molar-refractivity contribution in [1.82, 2.24) is 0 Å². The SMILES string of the molecule is NC(=O)C1C=c2ccc3cccc4ccc(c2c43)C1. The summed E-state index contributed by atoms with van der Waals surface area (Å²) in [6.45, 7) is 0. The van der Waals surface area contributed by atoms with Crippen LogP contribution in [-0.2, 0) is 11.2 Å². The van der Waals surface area contributed by atoms with Crippen LogP contribution in [0.15, 0.2) is 42.5 Å². The predicted molar refractivity (Wildman–Crippen MR) is 77.5 cm³/mol. The zero-order valence-electron chi connectivity index (χ0n) is 10.4. The molecule has 92 valence electrons. The minimum absolute atomic E-state index is 0.185. The van der Waals surface area contributed by atoms with Gasteiger partial charge in [0.1, 0.15) is 0 Å². The topological polar surface area (TPSA) is 43.1 Å². The van der Waals surface area contributed by atoms with Crippen LogP contribution in [0.25, 0.3) is 27.6 Å². The summed E-state index contributed by atoms with van der Waals surface area (Å²) in [4.78, 5) is 11.5. The van der Waals surface area contributed by atoms with Crippen LogP contribution in [0.4, 0.5) is 0 Å². The largest absolute Gasteiger partial charge is 0.369 e. The summed E-state index contributed by atoms with van der Waals surface area (Å²) in [5, 5.41) is 6.23. The molecule has 2 heteroatoms. The molecule has 0 radical (unpaired) electrons. The van der Waals surface area contributed by atoms with Crippen molar-refractivity contribution in [1.29, 1.82) is 0 Å². The number of amides is 1. The summed E-state index contributed by atoms with van der Waals surface area (Å²) in [6, 6.07) is 14.8. The third-order valence-electron chi connectivity index (χ3n) is 4.08. The van der Waals surface area contributed by atoms with Crippen molar-refractivity contribution in [3.8, 4) is 0 Å². The first-order valence-corrected chi connectivity index (χ1v) is 6.48. The first-order chi connectivity index (χ1) is 9.24. The van der Waals surface area contributed by atoms with Gasteiger partial charge in [0.25, 0.3) is 0 Å². The predicted octanol–water partition coefficient (Wildman–Crippen LogP) is 2.15. The molecule has 0 saturated carbocycles. The fourth-order valence-corrected chi connectivity index (χ4v) is 3.19. The summed E-state index contributed by atoms with van der Waals surface area (Å²) < 4.78 is 0. The number of primary amides is 1. The van der Waals surface area contributed by atoms with Gasteiger partial charge in [-0.25, -0.2) is 0 Å². The van der Waals surface area contributed by atoms with Gasteiger partial charge < -0.3 is 5.73 Å². The van der Waals surface area contributed by atoms with E-state index in [9.17, 15) is 4.79 Å². The lowest BCUT2D eigenvalue weighted by Gasteiger charge is -2.19. The van der Waals surface area contributed by atoms with E-state index >= 15 is 0 Å². The van der Waals surface area contributed by atoms with Gasteiger partial charge in [0.05, 0.1) is 5.92 Å². The first-order valence-electron chi connectivity index (χ1n) is 6.48.